The van der Waals surface area contributed by atoms with Crippen LogP contribution >= 0.6 is 0 Å². The fourth-order valence-corrected chi connectivity index (χ4v) is 7.27. The Bertz CT molecular complexity index is 1470. The molecule has 1 atom stereocenters. The smallest absolute Gasteiger partial charge is 0.306 e. The summed E-state index contributed by atoms with van der Waals surface area (Å²) in [5, 5.41) is 0. The van der Waals surface area contributed by atoms with E-state index < -0.39 is 6.10 Å². The van der Waals surface area contributed by atoms with E-state index in [1.807, 2.05) is 12.2 Å². The summed E-state index contributed by atoms with van der Waals surface area (Å²) in [6.45, 7) is 6.40. The van der Waals surface area contributed by atoms with E-state index in [1.165, 1.54) is 89.9 Å². The molecule has 69 heavy (non-hydrogen) atoms. The lowest BCUT2D eigenvalue weighted by molar-refractivity contribution is -0.166. The first kappa shape index (κ1) is 64.8. The zero-order valence-electron chi connectivity index (χ0n) is 44.5. The predicted octanol–water partition coefficient (Wildman–Crippen LogP) is 18.9. The van der Waals surface area contributed by atoms with E-state index in [2.05, 4.69) is 130 Å². The molecule has 0 unspecified atom stereocenters. The molecule has 0 aromatic carbocycles. The zero-order valence-corrected chi connectivity index (χ0v) is 44.5. The van der Waals surface area contributed by atoms with Crippen LogP contribution < -0.4 is 0 Å². The molecule has 0 saturated heterocycles. The van der Waals surface area contributed by atoms with Crippen molar-refractivity contribution in [3.8, 4) is 0 Å². The maximum absolute atomic E-state index is 12.8. The van der Waals surface area contributed by atoms with Crippen molar-refractivity contribution in [1.82, 2.24) is 0 Å². The normalized spacial score (nSPS) is 13.0. The van der Waals surface area contributed by atoms with Crippen LogP contribution in [0.3, 0.4) is 0 Å². The molecule has 0 spiro atoms. The molecule has 6 nitrogen and oxygen atoms in total. The molecule has 0 rings (SSSR count). The minimum atomic E-state index is -0.827. The second-order valence-corrected chi connectivity index (χ2v) is 18.1. The summed E-state index contributed by atoms with van der Waals surface area (Å²) in [6.07, 6.45) is 77.6. The van der Waals surface area contributed by atoms with Crippen molar-refractivity contribution >= 4 is 17.9 Å². The molecule has 0 bridgehead atoms. The molecule has 0 aliphatic rings. The number of unbranched alkanes of at least 4 members (excludes halogenated alkanes) is 18. The Hall–Kier alpha value is -4.19. The van der Waals surface area contributed by atoms with Gasteiger partial charge in [0.15, 0.2) is 6.10 Å². The van der Waals surface area contributed by atoms with Gasteiger partial charge in [-0.05, 0) is 103 Å². The second-order valence-electron chi connectivity index (χ2n) is 18.1. The van der Waals surface area contributed by atoms with Crippen LogP contribution in [-0.4, -0.2) is 37.2 Å². The maximum atomic E-state index is 12.8. The van der Waals surface area contributed by atoms with Crippen LogP contribution in [0.2, 0.25) is 0 Å². The van der Waals surface area contributed by atoms with E-state index in [0.29, 0.717) is 19.3 Å². The molecule has 390 valence electrons. The third kappa shape index (κ3) is 54.6. The lowest BCUT2D eigenvalue weighted by Crippen LogP contribution is -2.30. The van der Waals surface area contributed by atoms with Gasteiger partial charge in [-0.15, -0.1) is 0 Å². The largest absolute Gasteiger partial charge is 0.462 e. The number of carbonyl (C=O) groups excluding carboxylic acids is 3. The maximum Gasteiger partial charge on any atom is 0.306 e. The molecule has 0 saturated carbocycles. The van der Waals surface area contributed by atoms with Crippen molar-refractivity contribution < 1.29 is 28.6 Å². The van der Waals surface area contributed by atoms with Crippen molar-refractivity contribution in [2.75, 3.05) is 13.2 Å². The highest BCUT2D eigenvalue weighted by Gasteiger charge is 2.19. The first-order chi connectivity index (χ1) is 34.0. The summed E-state index contributed by atoms with van der Waals surface area (Å²) in [4.78, 5) is 38.1. The van der Waals surface area contributed by atoms with Gasteiger partial charge in [-0.1, -0.05) is 239 Å². The van der Waals surface area contributed by atoms with Gasteiger partial charge in [0.25, 0.3) is 0 Å². The molecule has 0 aliphatic heterocycles. The molecule has 6 heteroatoms. The Morgan fingerprint density at radius 3 is 1.00 bits per heavy atom. The lowest BCUT2D eigenvalue weighted by atomic mass is 10.0. The number of esters is 3. The first-order valence-corrected chi connectivity index (χ1v) is 28.0. The van der Waals surface area contributed by atoms with Crippen LogP contribution in [0.25, 0.3) is 0 Å². The Balaban J connectivity index is 4.57. The van der Waals surface area contributed by atoms with Crippen molar-refractivity contribution in [2.24, 2.45) is 0 Å². The highest BCUT2D eigenvalue weighted by molar-refractivity contribution is 5.71. The topological polar surface area (TPSA) is 78.9 Å². The standard InChI is InChI=1S/C63H102O6/c1-4-7-10-13-16-19-22-25-27-29-31-33-35-38-41-44-47-50-53-56-62(65)68-59-60(58-67-61(64)55-52-49-46-43-40-37-24-21-18-15-12-9-6-3)69-63(66)57-54-51-48-45-42-39-36-34-32-30-28-26-23-20-17-14-11-8-5-2/h7,10,16-17,19-20,25-28,31-34,38-39,41-42,47,50,60H,4-6,8-9,11-15,18,21-24,29-30,35-37,40,43-46,48-49,51-59H2,1-3H3/b10-7-,19-16-,20-17-,27-25-,28-26-,33-31-,34-32-,41-38-,42-39-,50-47-/t60-/m1/s1. The Labute approximate surface area is 424 Å². The van der Waals surface area contributed by atoms with Crippen LogP contribution in [0.4, 0.5) is 0 Å². The summed E-state index contributed by atoms with van der Waals surface area (Å²) < 4.78 is 16.7. The van der Waals surface area contributed by atoms with Crippen LogP contribution in [0.1, 0.15) is 239 Å². The Morgan fingerprint density at radius 1 is 0.304 bits per heavy atom. The molecule has 0 heterocycles. The number of ether oxygens (including phenoxy) is 3. The molecule has 0 amide bonds. The van der Waals surface area contributed by atoms with E-state index in [9.17, 15) is 14.4 Å². The molecule has 0 fully saturated rings. The number of carbonyl (C=O) groups is 3. The van der Waals surface area contributed by atoms with Crippen LogP contribution in [0.5, 0.6) is 0 Å². The Kier molecular flexibility index (Phi) is 53.0. The number of hydrogen-bond donors (Lipinski definition) is 0. The van der Waals surface area contributed by atoms with E-state index >= 15 is 0 Å². The third-order valence-corrected chi connectivity index (χ3v) is 11.5. The summed E-state index contributed by atoms with van der Waals surface area (Å²) >= 11 is 0. The molecule has 0 aromatic rings. The lowest BCUT2D eigenvalue weighted by Gasteiger charge is -2.18. The average molecular weight is 956 g/mol. The molecule has 0 radical (unpaired) electrons. The quantitative estimate of drug-likeness (QED) is 0.0262. The van der Waals surface area contributed by atoms with Crippen LogP contribution in [0.15, 0.2) is 122 Å². The first-order valence-electron chi connectivity index (χ1n) is 28.0. The highest BCUT2D eigenvalue weighted by atomic mass is 16.6. The summed E-state index contributed by atoms with van der Waals surface area (Å²) in [5.41, 5.74) is 0. The van der Waals surface area contributed by atoms with Crippen molar-refractivity contribution in [2.45, 2.75) is 245 Å². The van der Waals surface area contributed by atoms with Gasteiger partial charge in [-0.3, -0.25) is 14.4 Å². The number of allylic oxidation sites excluding steroid dienone is 20. The van der Waals surface area contributed by atoms with Gasteiger partial charge < -0.3 is 14.2 Å². The van der Waals surface area contributed by atoms with Gasteiger partial charge in [0, 0.05) is 19.3 Å². The van der Waals surface area contributed by atoms with Crippen molar-refractivity contribution in [1.29, 1.82) is 0 Å². The SMILES string of the molecule is CC/C=C\C/C=C\C/C=C\C/C=C\C/C=C\C/C=C\CCC(=O)OC[C@@H](COC(=O)CCCCCCCCCCCCCCC)OC(=O)CCCCC/C=C\C/C=C\C/C=C\C/C=C\CCCCC. The van der Waals surface area contributed by atoms with Gasteiger partial charge in [0.1, 0.15) is 13.2 Å². The highest BCUT2D eigenvalue weighted by Crippen LogP contribution is 2.14. The van der Waals surface area contributed by atoms with E-state index in [4.69, 9.17) is 14.2 Å². The predicted molar refractivity (Wildman–Crippen MR) is 297 cm³/mol. The summed E-state index contributed by atoms with van der Waals surface area (Å²) in [6, 6.07) is 0. The Morgan fingerprint density at radius 2 is 0.594 bits per heavy atom. The van der Waals surface area contributed by atoms with Gasteiger partial charge in [0.2, 0.25) is 0 Å². The van der Waals surface area contributed by atoms with E-state index in [1.54, 1.807) is 0 Å². The minimum absolute atomic E-state index is 0.116. The van der Waals surface area contributed by atoms with Gasteiger partial charge >= 0.3 is 17.9 Å². The molecule has 0 aliphatic carbocycles. The molecule has 0 aromatic heterocycles. The fraction of sp³-hybridized carbons (Fsp3) is 0.635. The molecular formula is C63H102O6. The summed E-state index contributed by atoms with van der Waals surface area (Å²) in [7, 11) is 0. The van der Waals surface area contributed by atoms with Gasteiger partial charge in [0.05, 0.1) is 0 Å². The van der Waals surface area contributed by atoms with Crippen molar-refractivity contribution in [3.63, 3.8) is 0 Å². The monoisotopic (exact) mass is 955 g/mol. The van der Waals surface area contributed by atoms with E-state index in [-0.39, 0.29) is 44.0 Å². The fourth-order valence-electron chi connectivity index (χ4n) is 7.27. The molecular weight excluding hydrogens is 853 g/mol. The minimum Gasteiger partial charge on any atom is -0.462 e. The van der Waals surface area contributed by atoms with Gasteiger partial charge in [-0.2, -0.15) is 0 Å². The number of hydrogen-bond acceptors (Lipinski definition) is 6. The number of rotatable bonds is 49. The van der Waals surface area contributed by atoms with Gasteiger partial charge in [-0.25, -0.2) is 0 Å². The van der Waals surface area contributed by atoms with Crippen LogP contribution in [0, 0.1) is 0 Å². The zero-order chi connectivity index (χ0) is 50.0. The molecule has 0 N–H and O–H groups in total. The van der Waals surface area contributed by atoms with E-state index in [0.717, 1.165) is 96.3 Å². The van der Waals surface area contributed by atoms with Crippen molar-refractivity contribution in [3.05, 3.63) is 122 Å². The average Bonchev–Trinajstić information content (AvgIpc) is 3.35. The summed E-state index contributed by atoms with van der Waals surface area (Å²) in [5.74, 6) is -1.04. The third-order valence-electron chi connectivity index (χ3n) is 11.5. The second kappa shape index (κ2) is 56.4. The van der Waals surface area contributed by atoms with Crippen LogP contribution in [-0.2, 0) is 28.6 Å².